The van der Waals surface area contributed by atoms with Crippen LogP contribution >= 0.6 is 0 Å². The number of hydrogen-bond acceptors (Lipinski definition) is 5. The van der Waals surface area contributed by atoms with Crippen LogP contribution in [-0.2, 0) is 6.18 Å². The number of nitrogens with one attached hydrogen (secondary N) is 2. The Kier molecular flexibility index (Phi) is 5.75. The molecule has 0 saturated carbocycles. The van der Waals surface area contributed by atoms with Gasteiger partial charge >= 0.3 is 24.2 Å². The van der Waals surface area contributed by atoms with E-state index in [1.54, 1.807) is 0 Å². The molecule has 2 N–H and O–H groups in total. The molecule has 0 spiro atoms. The Morgan fingerprint density at radius 3 is 1.52 bits per heavy atom. The van der Waals surface area contributed by atoms with Gasteiger partial charge in [-0.2, -0.15) is 43.9 Å². The van der Waals surface area contributed by atoms with Crippen molar-refractivity contribution in [2.75, 3.05) is 5.32 Å². The maximum atomic E-state index is 13.4. The highest BCUT2D eigenvalue weighted by Crippen LogP contribution is 2.48. The quantitative estimate of drug-likeness (QED) is 0.222. The number of hydrogen-bond donors (Lipinski definition) is 2. The van der Waals surface area contributed by atoms with Crippen LogP contribution in [0.4, 0.5) is 61.0 Å². The molecule has 0 bridgehead atoms. The van der Waals surface area contributed by atoms with Crippen molar-refractivity contribution in [2.24, 2.45) is 0 Å². The lowest BCUT2D eigenvalue weighted by molar-refractivity contribution is -0.392. The van der Waals surface area contributed by atoms with Crippen LogP contribution in [0.15, 0.2) is 12.1 Å². The Labute approximate surface area is 150 Å². The molecule has 0 aromatic heterocycles. The first-order valence-corrected chi connectivity index (χ1v) is 6.47. The highest BCUT2D eigenvalue weighted by Gasteiger charge is 2.75. The topological polar surface area (TPSA) is 122 Å². The molecule has 1 aromatic rings. The minimum Gasteiger partial charge on any atom is -0.328 e. The number of halogens is 10. The van der Waals surface area contributed by atoms with Crippen LogP contribution < -0.4 is 5.32 Å². The van der Waals surface area contributed by atoms with Crippen LogP contribution in [0.2, 0.25) is 0 Å². The number of rotatable bonds is 5. The number of nitrogens with zero attached hydrogens (tertiary/aromatic N) is 2. The molecule has 29 heavy (non-hydrogen) atoms. The van der Waals surface area contributed by atoms with Gasteiger partial charge in [0.25, 0.3) is 11.4 Å². The fraction of sp³-hybridized carbons (Fsp3) is 0.364. The molecule has 0 aliphatic carbocycles. The van der Waals surface area contributed by atoms with E-state index in [0.717, 1.165) is 0 Å². The molecule has 0 atom stereocenters. The second-order valence-electron chi connectivity index (χ2n) is 5.05. The van der Waals surface area contributed by atoms with Crippen molar-refractivity contribution in [2.45, 2.75) is 24.2 Å². The Hall–Kier alpha value is -3.21. The summed E-state index contributed by atoms with van der Waals surface area (Å²) in [5, 5.41) is 29.1. The second-order valence-corrected chi connectivity index (χ2v) is 5.05. The summed E-state index contributed by atoms with van der Waals surface area (Å²) in [6.07, 6.45) is -12.3. The summed E-state index contributed by atoms with van der Waals surface area (Å²) in [7, 11) is 0. The van der Waals surface area contributed by atoms with Gasteiger partial charge in [-0.15, -0.1) is 0 Å². The van der Waals surface area contributed by atoms with Gasteiger partial charge in [-0.1, -0.05) is 0 Å². The van der Waals surface area contributed by atoms with Crippen molar-refractivity contribution < 1.29 is 53.8 Å². The number of nitro benzene ring substituents is 2. The molecular formula is C11H4F10N4O4. The Morgan fingerprint density at radius 2 is 1.24 bits per heavy atom. The summed E-state index contributed by atoms with van der Waals surface area (Å²) in [5.41, 5.74) is -7.93. The van der Waals surface area contributed by atoms with Crippen LogP contribution in [-0.4, -0.2) is 33.7 Å². The maximum Gasteiger partial charge on any atom is 0.460 e. The van der Waals surface area contributed by atoms with Crippen molar-refractivity contribution in [3.8, 4) is 0 Å². The van der Waals surface area contributed by atoms with Gasteiger partial charge in [0.1, 0.15) is 0 Å². The number of alkyl halides is 10. The Bertz CT molecular complexity index is 829. The van der Waals surface area contributed by atoms with E-state index in [0.29, 0.717) is 5.32 Å². The summed E-state index contributed by atoms with van der Waals surface area (Å²) >= 11 is 0. The Morgan fingerprint density at radius 1 is 0.862 bits per heavy atom. The van der Waals surface area contributed by atoms with Gasteiger partial charge in [-0.25, -0.2) is 0 Å². The average Bonchev–Trinajstić information content (AvgIpc) is 2.51. The van der Waals surface area contributed by atoms with Crippen molar-refractivity contribution >= 4 is 22.9 Å². The first kappa shape index (κ1) is 23.8. The van der Waals surface area contributed by atoms with Crippen LogP contribution in [0, 0.1) is 25.6 Å². The number of anilines is 1. The molecule has 162 valence electrons. The first-order valence-electron chi connectivity index (χ1n) is 6.47. The highest BCUT2D eigenvalue weighted by atomic mass is 19.4. The van der Waals surface area contributed by atoms with E-state index in [1.165, 1.54) is 0 Å². The lowest BCUT2D eigenvalue weighted by Gasteiger charge is -2.28. The van der Waals surface area contributed by atoms with Crippen molar-refractivity contribution in [3.63, 3.8) is 0 Å². The number of amidine groups is 1. The zero-order valence-electron chi connectivity index (χ0n) is 13.0. The lowest BCUT2D eigenvalue weighted by atomic mass is 10.1. The smallest absolute Gasteiger partial charge is 0.328 e. The van der Waals surface area contributed by atoms with Gasteiger partial charge in [0, 0.05) is 12.1 Å². The monoisotopic (exact) mass is 446 g/mol. The van der Waals surface area contributed by atoms with E-state index in [1.807, 2.05) is 0 Å². The minimum absolute atomic E-state index is 0.428. The molecule has 8 nitrogen and oxygen atoms in total. The fourth-order valence-electron chi connectivity index (χ4n) is 1.73. The van der Waals surface area contributed by atoms with Gasteiger partial charge < -0.3 is 5.32 Å². The molecule has 0 radical (unpaired) electrons. The summed E-state index contributed by atoms with van der Waals surface area (Å²) < 4.78 is 127. The minimum atomic E-state index is -6.91. The van der Waals surface area contributed by atoms with Gasteiger partial charge in [0.15, 0.2) is 11.5 Å². The van der Waals surface area contributed by atoms with Gasteiger partial charge in [-0.05, 0) is 0 Å². The molecule has 0 fully saturated rings. The molecule has 0 aliphatic heterocycles. The van der Waals surface area contributed by atoms with Crippen LogP contribution in [0.5, 0.6) is 0 Å². The summed E-state index contributed by atoms with van der Waals surface area (Å²) in [5.74, 6) is -16.4. The van der Waals surface area contributed by atoms with E-state index in [2.05, 4.69) is 0 Å². The maximum absolute atomic E-state index is 13.4. The zero-order chi connectivity index (χ0) is 23.2. The molecule has 1 rings (SSSR count). The van der Waals surface area contributed by atoms with E-state index < -0.39 is 74.6 Å². The number of benzene rings is 1. The van der Waals surface area contributed by atoms with Gasteiger partial charge in [0.05, 0.1) is 15.4 Å². The number of nitro groups is 2. The fourth-order valence-corrected chi connectivity index (χ4v) is 1.73. The van der Waals surface area contributed by atoms with E-state index >= 15 is 0 Å². The average molecular weight is 446 g/mol. The van der Waals surface area contributed by atoms with Crippen LogP contribution in [0.1, 0.15) is 5.56 Å². The molecule has 0 unspecified atom stereocenters. The van der Waals surface area contributed by atoms with Crippen molar-refractivity contribution in [3.05, 3.63) is 37.9 Å². The van der Waals surface area contributed by atoms with Crippen molar-refractivity contribution in [1.82, 2.24) is 0 Å². The standard InChI is InChI=1S/C11H4F10N4O4/c12-8(13,10(17,18)11(19,20)21)7(22)23-6-4(24(26)27)1-3(9(14,15)16)2-5(6)25(28)29/h1-2H,(H2,22,23). The largest absolute Gasteiger partial charge is 0.460 e. The summed E-state index contributed by atoms with van der Waals surface area (Å²) in [6, 6.07) is -0.856. The molecule has 1 aromatic carbocycles. The van der Waals surface area contributed by atoms with Gasteiger partial charge in [-0.3, -0.25) is 25.6 Å². The van der Waals surface area contributed by atoms with E-state index in [-0.39, 0.29) is 0 Å². The normalized spacial score (nSPS) is 13.2. The molecule has 0 aliphatic rings. The Balaban J connectivity index is 3.65. The summed E-state index contributed by atoms with van der Waals surface area (Å²) in [6.45, 7) is 0. The van der Waals surface area contributed by atoms with Crippen LogP contribution in [0.25, 0.3) is 0 Å². The predicted molar refractivity (Wildman–Crippen MR) is 72.1 cm³/mol. The first-order chi connectivity index (χ1) is 12.7. The third-order valence-electron chi connectivity index (χ3n) is 3.13. The predicted octanol–water partition coefficient (Wildman–Crippen LogP) is 4.74. The highest BCUT2D eigenvalue weighted by molar-refractivity contribution is 6.02. The third-order valence-corrected chi connectivity index (χ3v) is 3.13. The molecule has 0 saturated heterocycles. The lowest BCUT2D eigenvalue weighted by Crippen LogP contribution is -2.57. The van der Waals surface area contributed by atoms with Gasteiger partial charge in [0.2, 0.25) is 0 Å². The van der Waals surface area contributed by atoms with E-state index in [9.17, 15) is 64.1 Å². The SMILES string of the molecule is N=C(Nc1c([N+](=O)[O-])cc(C(F)(F)F)cc1[N+](=O)[O-])C(F)(F)C(F)(F)C(F)(F)F. The molecular weight excluding hydrogens is 442 g/mol. The van der Waals surface area contributed by atoms with Crippen molar-refractivity contribution in [1.29, 1.82) is 5.41 Å². The molecule has 0 heterocycles. The molecule has 18 heteroatoms. The van der Waals surface area contributed by atoms with Crippen LogP contribution in [0.3, 0.4) is 0 Å². The zero-order valence-corrected chi connectivity index (χ0v) is 13.0. The van der Waals surface area contributed by atoms with E-state index in [4.69, 9.17) is 5.41 Å². The molecule has 0 amide bonds. The summed E-state index contributed by atoms with van der Waals surface area (Å²) in [4.78, 5) is 18.1. The third kappa shape index (κ3) is 4.29. The second kappa shape index (κ2) is 6.99.